The van der Waals surface area contributed by atoms with Crippen LogP contribution in [-0.4, -0.2) is 36.1 Å². The van der Waals surface area contributed by atoms with Crippen molar-refractivity contribution >= 4 is 17.8 Å². The number of aliphatic hydroxyl groups excluding tert-OH is 1. The maximum absolute atomic E-state index is 11.5. The Morgan fingerprint density at radius 2 is 1.90 bits per heavy atom. The summed E-state index contributed by atoms with van der Waals surface area (Å²) in [5.74, 6) is 0.819. The average molecular weight is 296 g/mol. The van der Waals surface area contributed by atoms with Gasteiger partial charge in [0, 0.05) is 23.7 Å². The Kier molecular flexibility index (Phi) is 6.88. The van der Waals surface area contributed by atoms with Crippen LogP contribution < -0.4 is 10.6 Å². The zero-order valence-electron chi connectivity index (χ0n) is 12.3. The molecule has 0 saturated heterocycles. The molecule has 0 aliphatic rings. The number of carbonyl (C=O) groups excluding carboxylic acids is 1. The number of hydrogen-bond acceptors (Lipinski definition) is 3. The Labute approximate surface area is 125 Å². The lowest BCUT2D eigenvalue weighted by atomic mass is 9.89. The Hall–Kier alpha value is -1.20. The van der Waals surface area contributed by atoms with Crippen LogP contribution in [-0.2, 0) is 0 Å². The molecule has 0 spiro atoms. The molecular weight excluding hydrogens is 272 g/mol. The zero-order chi connectivity index (χ0) is 15.0. The van der Waals surface area contributed by atoms with Crippen molar-refractivity contribution in [1.29, 1.82) is 0 Å². The predicted octanol–water partition coefficient (Wildman–Crippen LogP) is 2.48. The Morgan fingerprint density at radius 1 is 1.25 bits per heavy atom. The molecule has 1 unspecified atom stereocenters. The summed E-state index contributed by atoms with van der Waals surface area (Å²) in [7, 11) is 0. The molecule has 1 atom stereocenters. The van der Waals surface area contributed by atoms with Gasteiger partial charge in [0.2, 0.25) is 0 Å². The highest BCUT2D eigenvalue weighted by Gasteiger charge is 2.22. The molecular formula is C15H24N2O2S. The summed E-state index contributed by atoms with van der Waals surface area (Å²) in [4.78, 5) is 12.7. The monoisotopic (exact) mass is 296 g/mol. The molecule has 112 valence electrons. The molecule has 4 nitrogen and oxygen atoms in total. The van der Waals surface area contributed by atoms with Gasteiger partial charge in [-0.05, 0) is 17.5 Å². The van der Waals surface area contributed by atoms with Crippen LogP contribution in [0.3, 0.4) is 0 Å². The molecule has 0 fully saturated rings. The molecule has 0 aliphatic carbocycles. The number of thioether (sulfide) groups is 1. The number of amides is 2. The average Bonchev–Trinajstić information content (AvgIpc) is 2.41. The second-order valence-electron chi connectivity index (χ2n) is 5.68. The largest absolute Gasteiger partial charge is 0.391 e. The van der Waals surface area contributed by atoms with E-state index in [4.69, 9.17) is 0 Å². The fraction of sp³-hybridized carbons (Fsp3) is 0.533. The van der Waals surface area contributed by atoms with Crippen LogP contribution in [0.4, 0.5) is 4.79 Å². The molecule has 0 aliphatic heterocycles. The molecule has 20 heavy (non-hydrogen) atoms. The van der Waals surface area contributed by atoms with Gasteiger partial charge in [0.1, 0.15) is 0 Å². The van der Waals surface area contributed by atoms with E-state index >= 15 is 0 Å². The van der Waals surface area contributed by atoms with E-state index in [2.05, 4.69) is 10.6 Å². The molecule has 0 aromatic heterocycles. The molecule has 1 aromatic carbocycles. The lowest BCUT2D eigenvalue weighted by molar-refractivity contribution is 0.0650. The minimum Gasteiger partial charge on any atom is -0.391 e. The molecule has 0 radical (unpaired) electrons. The summed E-state index contributed by atoms with van der Waals surface area (Å²) in [6.45, 7) is 6.67. The van der Waals surface area contributed by atoms with E-state index in [0.29, 0.717) is 6.54 Å². The van der Waals surface area contributed by atoms with Gasteiger partial charge in [-0.2, -0.15) is 0 Å². The van der Waals surface area contributed by atoms with E-state index in [1.54, 1.807) is 11.8 Å². The van der Waals surface area contributed by atoms with Gasteiger partial charge in [-0.3, -0.25) is 0 Å². The molecule has 1 aromatic rings. The van der Waals surface area contributed by atoms with Gasteiger partial charge in [0.25, 0.3) is 0 Å². The Morgan fingerprint density at radius 3 is 2.50 bits per heavy atom. The first-order chi connectivity index (χ1) is 9.39. The highest BCUT2D eigenvalue weighted by atomic mass is 32.2. The van der Waals surface area contributed by atoms with E-state index in [9.17, 15) is 9.90 Å². The van der Waals surface area contributed by atoms with Gasteiger partial charge >= 0.3 is 6.03 Å². The maximum atomic E-state index is 11.5. The first kappa shape index (κ1) is 16.9. The van der Waals surface area contributed by atoms with Crippen molar-refractivity contribution in [2.24, 2.45) is 5.41 Å². The van der Waals surface area contributed by atoms with E-state index in [0.717, 1.165) is 5.75 Å². The molecule has 3 N–H and O–H groups in total. The molecule has 0 saturated carbocycles. The van der Waals surface area contributed by atoms with Crippen molar-refractivity contribution in [3.63, 3.8) is 0 Å². The summed E-state index contributed by atoms with van der Waals surface area (Å²) < 4.78 is 0. The van der Waals surface area contributed by atoms with Crippen molar-refractivity contribution in [2.75, 3.05) is 18.8 Å². The molecule has 2 amide bonds. The van der Waals surface area contributed by atoms with Crippen LogP contribution in [0.2, 0.25) is 0 Å². The summed E-state index contributed by atoms with van der Waals surface area (Å²) in [5.41, 5.74) is -0.226. The maximum Gasteiger partial charge on any atom is 0.314 e. The summed E-state index contributed by atoms with van der Waals surface area (Å²) >= 11 is 1.70. The van der Waals surface area contributed by atoms with Gasteiger partial charge in [0.15, 0.2) is 0 Å². The number of urea groups is 1. The topological polar surface area (TPSA) is 61.4 Å². The quantitative estimate of drug-likeness (QED) is 0.558. The van der Waals surface area contributed by atoms with Crippen LogP contribution in [0, 0.1) is 5.41 Å². The SMILES string of the molecule is CC(C)(C)C(O)CNC(=O)NCCSc1ccccc1. The first-order valence-corrected chi connectivity index (χ1v) is 7.76. The second-order valence-corrected chi connectivity index (χ2v) is 6.85. The number of benzene rings is 1. The summed E-state index contributed by atoms with van der Waals surface area (Å²) in [6, 6.07) is 9.83. The normalized spacial score (nSPS) is 12.8. The number of carbonyl (C=O) groups is 1. The third kappa shape index (κ3) is 6.82. The third-order valence-electron chi connectivity index (χ3n) is 2.86. The molecule has 1 rings (SSSR count). The van der Waals surface area contributed by atoms with Crippen molar-refractivity contribution in [3.05, 3.63) is 30.3 Å². The van der Waals surface area contributed by atoms with Gasteiger partial charge in [-0.25, -0.2) is 4.79 Å². The van der Waals surface area contributed by atoms with Gasteiger partial charge in [0.05, 0.1) is 6.10 Å². The fourth-order valence-electron chi connectivity index (χ4n) is 1.41. The van der Waals surface area contributed by atoms with E-state index < -0.39 is 6.10 Å². The first-order valence-electron chi connectivity index (χ1n) is 6.77. The molecule has 0 heterocycles. The standard InChI is InChI=1S/C15H24N2O2S/c1-15(2,3)13(18)11-17-14(19)16-9-10-20-12-7-5-4-6-8-12/h4-8,13,18H,9-11H2,1-3H3,(H2,16,17,19). The third-order valence-corrected chi connectivity index (χ3v) is 3.87. The van der Waals surface area contributed by atoms with Crippen molar-refractivity contribution < 1.29 is 9.90 Å². The van der Waals surface area contributed by atoms with Gasteiger partial charge in [-0.15, -0.1) is 11.8 Å². The van der Waals surface area contributed by atoms with Crippen LogP contribution in [0.1, 0.15) is 20.8 Å². The summed E-state index contributed by atoms with van der Waals surface area (Å²) in [6.07, 6.45) is -0.549. The molecule has 5 heteroatoms. The van der Waals surface area contributed by atoms with Crippen LogP contribution in [0.15, 0.2) is 35.2 Å². The van der Waals surface area contributed by atoms with Gasteiger partial charge in [-0.1, -0.05) is 39.0 Å². The van der Waals surface area contributed by atoms with Crippen LogP contribution >= 0.6 is 11.8 Å². The van der Waals surface area contributed by atoms with Crippen LogP contribution in [0.5, 0.6) is 0 Å². The highest BCUT2D eigenvalue weighted by molar-refractivity contribution is 7.99. The Bertz CT molecular complexity index is 404. The molecule has 0 bridgehead atoms. The fourth-order valence-corrected chi connectivity index (χ4v) is 2.20. The number of nitrogens with one attached hydrogen (secondary N) is 2. The van der Waals surface area contributed by atoms with Crippen molar-refractivity contribution in [3.8, 4) is 0 Å². The lowest BCUT2D eigenvalue weighted by Gasteiger charge is -2.25. The van der Waals surface area contributed by atoms with Gasteiger partial charge < -0.3 is 15.7 Å². The van der Waals surface area contributed by atoms with E-state index in [1.807, 2.05) is 51.1 Å². The van der Waals surface area contributed by atoms with Crippen LogP contribution in [0.25, 0.3) is 0 Å². The number of aliphatic hydroxyl groups is 1. The van der Waals surface area contributed by atoms with E-state index in [-0.39, 0.29) is 18.0 Å². The van der Waals surface area contributed by atoms with E-state index in [1.165, 1.54) is 4.90 Å². The lowest BCUT2D eigenvalue weighted by Crippen LogP contribution is -2.44. The number of rotatable bonds is 6. The van der Waals surface area contributed by atoms with Crippen molar-refractivity contribution in [2.45, 2.75) is 31.8 Å². The minimum atomic E-state index is -0.549. The smallest absolute Gasteiger partial charge is 0.314 e. The highest BCUT2D eigenvalue weighted by Crippen LogP contribution is 2.18. The second kappa shape index (κ2) is 8.17. The number of hydrogen-bond donors (Lipinski definition) is 3. The zero-order valence-corrected chi connectivity index (χ0v) is 13.2. The summed E-state index contributed by atoms with van der Waals surface area (Å²) in [5, 5.41) is 15.3. The minimum absolute atomic E-state index is 0.226. The Balaban J connectivity index is 2.12. The predicted molar refractivity (Wildman–Crippen MR) is 84.0 cm³/mol. The van der Waals surface area contributed by atoms with Crippen molar-refractivity contribution in [1.82, 2.24) is 10.6 Å².